The molecule has 0 N–H and O–H groups in total. The summed E-state index contributed by atoms with van der Waals surface area (Å²) in [5.74, 6) is -0.186. The van der Waals surface area contributed by atoms with Gasteiger partial charge in [-0.3, -0.25) is 4.90 Å². The Labute approximate surface area is 149 Å². The quantitative estimate of drug-likeness (QED) is 0.765. The van der Waals surface area contributed by atoms with Gasteiger partial charge in [-0.2, -0.15) is 0 Å². The van der Waals surface area contributed by atoms with Crippen molar-refractivity contribution in [3.05, 3.63) is 35.9 Å². The molecule has 0 saturated carbocycles. The molecule has 2 aliphatic rings. The molecule has 4 heteroatoms. The molecule has 2 atom stereocenters. The first kappa shape index (κ1) is 15.3. The molecule has 0 aliphatic carbocycles. The third-order valence-electron chi connectivity index (χ3n) is 4.69. The van der Waals surface area contributed by atoms with E-state index in [1.165, 1.54) is 5.56 Å². The Morgan fingerprint density at radius 1 is 1.17 bits per heavy atom. The molecule has 0 bridgehead atoms. The van der Waals surface area contributed by atoms with Crippen LogP contribution >= 0.6 is 0 Å². The molecular weight excluding hydrogens is 300 g/mol. The summed E-state index contributed by atoms with van der Waals surface area (Å²) in [4.78, 5) is 4.38. The molecule has 0 aromatic heterocycles. The number of piperazine rings is 1. The van der Waals surface area contributed by atoms with Gasteiger partial charge in [-0.05, 0) is 30.7 Å². The van der Waals surface area contributed by atoms with Gasteiger partial charge in [0.25, 0.3) is 0 Å². The first-order chi connectivity index (χ1) is 12.6. The Morgan fingerprint density at radius 2 is 1.92 bits per heavy atom. The van der Waals surface area contributed by atoms with Gasteiger partial charge in [0.1, 0.15) is 0 Å². The second kappa shape index (κ2) is 9.52. The maximum atomic E-state index is 8.58. The van der Waals surface area contributed by atoms with Crippen LogP contribution in [0.5, 0.6) is 0 Å². The first-order valence-corrected chi connectivity index (χ1v) is 9.30. The van der Waals surface area contributed by atoms with Gasteiger partial charge in [0.05, 0.1) is 6.61 Å². The van der Waals surface area contributed by atoms with Gasteiger partial charge >= 0.3 is 0 Å². The summed E-state index contributed by atoms with van der Waals surface area (Å²) < 4.78 is 28.6. The number of benzene rings is 1. The van der Waals surface area contributed by atoms with Gasteiger partial charge in [-0.1, -0.05) is 37.3 Å². The largest absolute Gasteiger partial charge is 0.353 e. The average molecular weight is 335 g/mol. The number of nitrogens with zero attached hydrogens (tertiary/aromatic N) is 2. The normalized spacial score (nSPS) is 26.6. The second-order valence-corrected chi connectivity index (χ2v) is 6.91. The van der Waals surface area contributed by atoms with Gasteiger partial charge in [0.2, 0.25) is 0 Å². The highest BCUT2D eigenvalue weighted by Gasteiger charge is 2.20. The van der Waals surface area contributed by atoms with Crippen molar-refractivity contribution >= 4 is 0 Å². The molecule has 134 valence electrons. The zero-order chi connectivity index (χ0) is 18.4. The van der Waals surface area contributed by atoms with E-state index < -0.39 is 6.50 Å². The lowest BCUT2D eigenvalue weighted by molar-refractivity contribution is -0.169. The maximum absolute atomic E-state index is 8.58. The minimum Gasteiger partial charge on any atom is -0.353 e. The molecular formula is C20H32N2O2. The highest BCUT2D eigenvalue weighted by atomic mass is 16.7. The van der Waals surface area contributed by atoms with Crippen molar-refractivity contribution in [2.75, 3.05) is 45.9 Å². The van der Waals surface area contributed by atoms with E-state index in [0.717, 1.165) is 58.6 Å². The SMILES string of the molecule is [2H]C([2H])([C@@H](C)COC1CCCCO1)N1CCN(Cc2ccccc2)CC1. The molecule has 1 aromatic carbocycles. The van der Waals surface area contributed by atoms with Crippen molar-refractivity contribution in [2.45, 2.75) is 39.0 Å². The van der Waals surface area contributed by atoms with Crippen molar-refractivity contribution in [1.82, 2.24) is 9.80 Å². The van der Waals surface area contributed by atoms with E-state index in [9.17, 15) is 0 Å². The molecule has 1 unspecified atom stereocenters. The fraction of sp³-hybridized carbons (Fsp3) is 0.700. The smallest absolute Gasteiger partial charge is 0.157 e. The van der Waals surface area contributed by atoms with Crippen LogP contribution in [0, 0.1) is 5.92 Å². The summed E-state index contributed by atoms with van der Waals surface area (Å²) in [6.45, 7) is 5.99. The highest BCUT2D eigenvalue weighted by Crippen LogP contribution is 2.15. The van der Waals surface area contributed by atoms with Crippen LogP contribution in [0.15, 0.2) is 30.3 Å². The molecule has 3 rings (SSSR count). The number of hydrogen-bond acceptors (Lipinski definition) is 4. The monoisotopic (exact) mass is 334 g/mol. The van der Waals surface area contributed by atoms with Crippen LogP contribution in [0.2, 0.25) is 0 Å². The fourth-order valence-electron chi connectivity index (χ4n) is 3.32. The molecule has 0 amide bonds. The van der Waals surface area contributed by atoms with Gasteiger partial charge < -0.3 is 14.4 Å². The number of ether oxygens (including phenoxy) is 2. The van der Waals surface area contributed by atoms with Gasteiger partial charge in [0.15, 0.2) is 6.29 Å². The minimum atomic E-state index is -1.35. The molecule has 2 heterocycles. The number of hydrogen-bond donors (Lipinski definition) is 0. The Bertz CT molecular complexity index is 530. The van der Waals surface area contributed by atoms with E-state index in [1.807, 2.05) is 17.9 Å². The lowest BCUT2D eigenvalue weighted by atomic mass is 10.1. The van der Waals surface area contributed by atoms with E-state index in [4.69, 9.17) is 12.2 Å². The Balaban J connectivity index is 1.44. The van der Waals surface area contributed by atoms with Crippen LogP contribution in [0.4, 0.5) is 0 Å². The van der Waals surface area contributed by atoms with Gasteiger partial charge in [-0.15, -0.1) is 0 Å². The molecule has 2 saturated heterocycles. The van der Waals surface area contributed by atoms with Crippen LogP contribution in [0.1, 0.15) is 34.5 Å². The topological polar surface area (TPSA) is 24.9 Å². The molecule has 0 radical (unpaired) electrons. The predicted octanol–water partition coefficient (Wildman–Crippen LogP) is 2.98. The molecule has 4 nitrogen and oxygen atoms in total. The summed E-state index contributed by atoms with van der Waals surface area (Å²) in [7, 11) is 0. The summed E-state index contributed by atoms with van der Waals surface area (Å²) in [6, 6.07) is 10.5. The maximum Gasteiger partial charge on any atom is 0.157 e. The van der Waals surface area contributed by atoms with Crippen molar-refractivity contribution < 1.29 is 12.2 Å². The fourth-order valence-corrected chi connectivity index (χ4v) is 3.32. The molecule has 24 heavy (non-hydrogen) atoms. The van der Waals surface area contributed by atoms with E-state index in [1.54, 1.807) is 0 Å². The standard InChI is InChI=1S/C20H32N2O2/c1-18(17-24-20-9-5-6-14-23-20)15-21-10-12-22(13-11-21)16-19-7-3-2-4-8-19/h2-4,7-8,18,20H,5-6,9-17H2,1H3/t18-,20?/m1/s1/i15D2. The van der Waals surface area contributed by atoms with E-state index in [-0.39, 0.29) is 12.2 Å². The van der Waals surface area contributed by atoms with E-state index >= 15 is 0 Å². The summed E-state index contributed by atoms with van der Waals surface area (Å²) in [5, 5.41) is 0. The summed E-state index contributed by atoms with van der Waals surface area (Å²) >= 11 is 0. The lowest BCUT2D eigenvalue weighted by Crippen LogP contribution is -2.47. The third-order valence-corrected chi connectivity index (χ3v) is 4.69. The van der Waals surface area contributed by atoms with Crippen LogP contribution in [0.3, 0.4) is 0 Å². The Morgan fingerprint density at radius 3 is 2.62 bits per heavy atom. The van der Waals surface area contributed by atoms with Gasteiger partial charge in [0, 0.05) is 48.6 Å². The third kappa shape index (κ3) is 5.85. The summed E-state index contributed by atoms with van der Waals surface area (Å²) in [5.41, 5.74) is 1.32. The van der Waals surface area contributed by atoms with Gasteiger partial charge in [-0.25, -0.2) is 0 Å². The Hall–Kier alpha value is -0.940. The predicted molar refractivity (Wildman–Crippen MR) is 96.9 cm³/mol. The molecule has 2 aliphatic heterocycles. The van der Waals surface area contributed by atoms with Crippen LogP contribution < -0.4 is 0 Å². The van der Waals surface area contributed by atoms with Crippen molar-refractivity contribution in [2.24, 2.45) is 5.92 Å². The van der Waals surface area contributed by atoms with Crippen molar-refractivity contribution in [3.63, 3.8) is 0 Å². The van der Waals surface area contributed by atoms with Crippen LogP contribution in [0.25, 0.3) is 0 Å². The van der Waals surface area contributed by atoms with Crippen molar-refractivity contribution in [1.29, 1.82) is 0 Å². The zero-order valence-corrected chi connectivity index (χ0v) is 14.8. The first-order valence-electron chi connectivity index (χ1n) is 10.3. The minimum absolute atomic E-state index is 0.148. The average Bonchev–Trinajstić information content (AvgIpc) is 2.68. The lowest BCUT2D eigenvalue weighted by Gasteiger charge is -2.36. The number of rotatable bonds is 7. The van der Waals surface area contributed by atoms with E-state index in [0.29, 0.717) is 6.61 Å². The summed E-state index contributed by atoms with van der Waals surface area (Å²) in [6.07, 6.45) is 3.01. The van der Waals surface area contributed by atoms with Crippen LogP contribution in [-0.4, -0.2) is 62.0 Å². The zero-order valence-electron chi connectivity index (χ0n) is 16.8. The van der Waals surface area contributed by atoms with Crippen LogP contribution in [-0.2, 0) is 16.0 Å². The van der Waals surface area contributed by atoms with E-state index in [2.05, 4.69) is 29.2 Å². The highest BCUT2D eigenvalue weighted by molar-refractivity contribution is 5.14. The Kier molecular flexibility index (Phi) is 6.08. The van der Waals surface area contributed by atoms with Crippen molar-refractivity contribution in [3.8, 4) is 0 Å². The molecule has 2 fully saturated rings. The molecule has 0 spiro atoms. The second-order valence-electron chi connectivity index (χ2n) is 6.91. The molecule has 1 aromatic rings.